The van der Waals surface area contributed by atoms with Crippen molar-refractivity contribution in [2.75, 3.05) is 25.4 Å². The number of aromatic nitrogens is 4. The van der Waals surface area contributed by atoms with Crippen LogP contribution in [-0.4, -0.2) is 68.8 Å². The lowest BCUT2D eigenvalue weighted by Crippen LogP contribution is -2.42. The number of aliphatic hydroxyl groups is 1. The fourth-order valence-corrected chi connectivity index (χ4v) is 5.33. The standard InChI is InChI=1S/C17H22F3N5O4S/c1-11-10-24-12(13-9-21-15(25(11)13)16(2,26)17(18,19)20)8-14(22-24)29-6-5-23-4-3-7-30(23,27)28/h8-9,11,26H,3-7,10H2,1-2H3/t11-,16?/m0/s1. The predicted molar refractivity (Wildman–Crippen MR) is 99.3 cm³/mol. The highest BCUT2D eigenvalue weighted by Gasteiger charge is 2.55. The number of halogens is 3. The molecule has 2 aliphatic heterocycles. The number of fused-ring (bicyclic) bond motifs is 3. The van der Waals surface area contributed by atoms with Gasteiger partial charge in [-0.1, -0.05) is 0 Å². The lowest BCUT2D eigenvalue weighted by molar-refractivity contribution is -0.262. The average Bonchev–Trinajstić information content (AvgIpc) is 3.31. The monoisotopic (exact) mass is 449 g/mol. The highest BCUT2D eigenvalue weighted by atomic mass is 32.2. The van der Waals surface area contributed by atoms with Crippen LogP contribution >= 0.6 is 0 Å². The van der Waals surface area contributed by atoms with Gasteiger partial charge in [0.05, 0.1) is 35.9 Å². The Balaban J connectivity index is 1.56. The Morgan fingerprint density at radius 1 is 1.33 bits per heavy atom. The maximum Gasteiger partial charge on any atom is 0.424 e. The van der Waals surface area contributed by atoms with E-state index in [0.717, 1.165) is 0 Å². The van der Waals surface area contributed by atoms with E-state index < -0.39 is 33.7 Å². The first-order valence-electron chi connectivity index (χ1n) is 9.47. The SMILES string of the molecule is C[C@H]1Cn2nc(OCCN3CCCS3(=O)=O)cc2-c2cnc(C(C)(O)C(F)(F)F)n21. The van der Waals surface area contributed by atoms with Crippen LogP contribution in [0.2, 0.25) is 0 Å². The van der Waals surface area contributed by atoms with Crippen LogP contribution in [0.1, 0.15) is 32.1 Å². The van der Waals surface area contributed by atoms with E-state index in [1.165, 1.54) is 15.1 Å². The van der Waals surface area contributed by atoms with Gasteiger partial charge in [-0.3, -0.25) is 4.68 Å². The van der Waals surface area contributed by atoms with Gasteiger partial charge in [0, 0.05) is 19.2 Å². The van der Waals surface area contributed by atoms with Crippen LogP contribution < -0.4 is 4.74 Å². The van der Waals surface area contributed by atoms with E-state index in [4.69, 9.17) is 4.74 Å². The van der Waals surface area contributed by atoms with Gasteiger partial charge in [0.25, 0.3) is 0 Å². The molecule has 2 aliphatic rings. The van der Waals surface area contributed by atoms with Crippen LogP contribution in [0.25, 0.3) is 11.4 Å². The fourth-order valence-electron chi connectivity index (χ4n) is 3.82. The number of alkyl halides is 3. The summed E-state index contributed by atoms with van der Waals surface area (Å²) in [4.78, 5) is 3.86. The first-order valence-corrected chi connectivity index (χ1v) is 11.1. The van der Waals surface area contributed by atoms with E-state index >= 15 is 0 Å². The van der Waals surface area contributed by atoms with Crippen molar-refractivity contribution in [2.45, 2.75) is 44.6 Å². The molecule has 1 saturated heterocycles. The van der Waals surface area contributed by atoms with Crippen molar-refractivity contribution in [1.82, 2.24) is 23.6 Å². The minimum Gasteiger partial charge on any atom is -0.475 e. The van der Waals surface area contributed by atoms with Gasteiger partial charge in [0.2, 0.25) is 21.5 Å². The Bertz CT molecular complexity index is 1060. The molecule has 0 bridgehead atoms. The molecule has 0 aliphatic carbocycles. The van der Waals surface area contributed by atoms with Gasteiger partial charge >= 0.3 is 6.18 Å². The van der Waals surface area contributed by atoms with Crippen molar-refractivity contribution in [3.63, 3.8) is 0 Å². The molecule has 1 unspecified atom stereocenters. The first-order chi connectivity index (χ1) is 13.9. The normalized spacial score (nSPS) is 23.1. The summed E-state index contributed by atoms with van der Waals surface area (Å²) in [5.41, 5.74) is -2.20. The fraction of sp³-hybridized carbons (Fsp3) is 0.647. The molecule has 4 rings (SSSR count). The molecule has 9 nitrogen and oxygen atoms in total. The third-order valence-corrected chi connectivity index (χ3v) is 7.43. The van der Waals surface area contributed by atoms with E-state index in [0.29, 0.717) is 31.3 Å². The molecule has 0 amide bonds. The van der Waals surface area contributed by atoms with Crippen LogP contribution in [0.5, 0.6) is 5.88 Å². The number of hydrogen-bond acceptors (Lipinski definition) is 6. The van der Waals surface area contributed by atoms with Gasteiger partial charge in [-0.15, -0.1) is 5.10 Å². The molecule has 0 saturated carbocycles. The zero-order valence-corrected chi connectivity index (χ0v) is 17.2. The lowest BCUT2D eigenvalue weighted by Gasteiger charge is -2.31. The second-order valence-corrected chi connectivity index (χ2v) is 9.81. The summed E-state index contributed by atoms with van der Waals surface area (Å²) in [6.45, 7) is 3.44. The predicted octanol–water partition coefficient (Wildman–Crippen LogP) is 1.51. The van der Waals surface area contributed by atoms with Crippen molar-refractivity contribution < 1.29 is 31.4 Å². The molecule has 13 heteroatoms. The maximum atomic E-state index is 13.3. The Kier molecular flexibility index (Phi) is 4.90. The van der Waals surface area contributed by atoms with E-state index in [2.05, 4.69) is 10.1 Å². The summed E-state index contributed by atoms with van der Waals surface area (Å²) in [6.07, 6.45) is -3.01. The second-order valence-electron chi connectivity index (χ2n) is 7.72. The molecule has 2 aromatic heterocycles. The Labute approximate surface area is 171 Å². The summed E-state index contributed by atoms with van der Waals surface area (Å²) < 4.78 is 73.6. The molecule has 2 atom stereocenters. The molecule has 0 spiro atoms. The second kappa shape index (κ2) is 6.95. The quantitative estimate of drug-likeness (QED) is 0.742. The minimum absolute atomic E-state index is 0.110. The largest absolute Gasteiger partial charge is 0.475 e. The number of nitrogens with zero attached hydrogens (tertiary/aromatic N) is 5. The Morgan fingerprint density at radius 3 is 2.70 bits per heavy atom. The van der Waals surface area contributed by atoms with E-state index in [1.807, 2.05) is 0 Å². The van der Waals surface area contributed by atoms with Crippen LogP contribution in [0, 0.1) is 0 Å². The molecular weight excluding hydrogens is 427 g/mol. The molecule has 1 fully saturated rings. The first kappa shape index (κ1) is 21.1. The summed E-state index contributed by atoms with van der Waals surface area (Å²) in [6, 6.07) is 1.14. The minimum atomic E-state index is -4.88. The van der Waals surface area contributed by atoms with Crippen molar-refractivity contribution in [2.24, 2.45) is 0 Å². The summed E-state index contributed by atoms with van der Waals surface area (Å²) in [7, 11) is -3.21. The molecule has 30 heavy (non-hydrogen) atoms. The Morgan fingerprint density at radius 2 is 2.07 bits per heavy atom. The number of rotatable bonds is 5. The van der Waals surface area contributed by atoms with Crippen molar-refractivity contribution in [3.05, 3.63) is 18.1 Å². The van der Waals surface area contributed by atoms with Crippen LogP contribution in [0.15, 0.2) is 12.3 Å². The topological polar surface area (TPSA) is 102 Å². The molecular formula is C17H22F3N5O4S. The molecule has 166 valence electrons. The van der Waals surface area contributed by atoms with Gasteiger partial charge in [-0.2, -0.15) is 17.5 Å². The van der Waals surface area contributed by atoms with Crippen LogP contribution in [0.4, 0.5) is 13.2 Å². The average molecular weight is 449 g/mol. The van der Waals surface area contributed by atoms with Crippen molar-refractivity contribution in [3.8, 4) is 17.3 Å². The number of imidazole rings is 1. The van der Waals surface area contributed by atoms with Crippen LogP contribution in [-0.2, 0) is 22.2 Å². The number of hydrogen-bond donors (Lipinski definition) is 1. The molecule has 1 N–H and O–H groups in total. The summed E-state index contributed by atoms with van der Waals surface area (Å²) in [5, 5.41) is 14.4. The van der Waals surface area contributed by atoms with Gasteiger partial charge in [-0.25, -0.2) is 13.4 Å². The highest BCUT2D eigenvalue weighted by molar-refractivity contribution is 7.89. The molecule has 0 radical (unpaired) electrons. The number of ether oxygens (including phenoxy) is 1. The zero-order chi connectivity index (χ0) is 21.9. The molecule has 0 aromatic carbocycles. The van der Waals surface area contributed by atoms with Gasteiger partial charge in [0.15, 0.2) is 5.82 Å². The third-order valence-electron chi connectivity index (χ3n) is 5.48. The zero-order valence-electron chi connectivity index (χ0n) is 16.4. The Hall–Kier alpha value is -2.12. The smallest absolute Gasteiger partial charge is 0.424 e. The summed E-state index contributed by atoms with van der Waals surface area (Å²) >= 11 is 0. The lowest BCUT2D eigenvalue weighted by atomic mass is 10.0. The summed E-state index contributed by atoms with van der Waals surface area (Å²) in [5.74, 6) is -0.100. The van der Waals surface area contributed by atoms with Gasteiger partial charge < -0.3 is 14.4 Å². The van der Waals surface area contributed by atoms with Crippen molar-refractivity contribution in [1.29, 1.82) is 0 Å². The van der Waals surface area contributed by atoms with Gasteiger partial charge in [0.1, 0.15) is 6.61 Å². The third kappa shape index (κ3) is 3.38. The van der Waals surface area contributed by atoms with E-state index in [9.17, 15) is 26.7 Å². The molecule has 2 aromatic rings. The number of sulfonamides is 1. The highest BCUT2D eigenvalue weighted by Crippen LogP contribution is 2.42. The van der Waals surface area contributed by atoms with Crippen LogP contribution in [0.3, 0.4) is 0 Å². The van der Waals surface area contributed by atoms with Gasteiger partial charge in [-0.05, 0) is 20.3 Å². The van der Waals surface area contributed by atoms with E-state index in [-0.39, 0.29) is 31.3 Å². The van der Waals surface area contributed by atoms with E-state index in [1.54, 1.807) is 17.7 Å². The van der Waals surface area contributed by atoms with Crippen molar-refractivity contribution >= 4 is 10.0 Å². The maximum absolute atomic E-state index is 13.3. The molecule has 4 heterocycles.